The molecular weight excluding hydrogens is 907 g/mol. The minimum atomic E-state index is -15.1. The second-order valence-corrected chi connectivity index (χ2v) is 28.2. The van der Waals surface area contributed by atoms with Crippen LogP contribution in [-0.4, -0.2) is 120 Å². The number of hydrogen-bond acceptors (Lipinski definition) is 14. The van der Waals surface area contributed by atoms with Gasteiger partial charge < -0.3 is 0 Å². The van der Waals surface area contributed by atoms with Gasteiger partial charge in [-0.15, -0.1) is 0 Å². The molecule has 3 aromatic heterocycles. The van der Waals surface area contributed by atoms with Gasteiger partial charge in [0.2, 0.25) is 0 Å². The van der Waals surface area contributed by atoms with Crippen molar-refractivity contribution >= 4 is 87.9 Å². The van der Waals surface area contributed by atoms with Crippen molar-refractivity contribution in [1.82, 2.24) is 39.9 Å². The standard InChI is InChI=1S/C32H17N8.8CHO2.Co/c1-2-10-18-17(9-1)25-33-26(18)38-28-21-13-5-6-14-22(21)30(35-28)40-32-24-16-8-7-15-23(24)31(36-32)39-29-20-12-4-3-11-19(20)27(34-29)37-25;8*2-1-3;/h1-15H,(H2,33,34,35,36,37,38,39,40);8*(H,2,3);. The Balaban J connectivity index is 1.74. The Morgan fingerprint density at radius 1 is 0.338 bits per heavy atom. The summed E-state index contributed by atoms with van der Waals surface area (Å²) in [4.78, 5) is 110. The van der Waals surface area contributed by atoms with E-state index in [0.29, 0.717) is 16.3 Å². The fourth-order valence-electron chi connectivity index (χ4n) is 8.51. The Morgan fingerprint density at radius 3 is 0.954 bits per heavy atom. The van der Waals surface area contributed by atoms with Crippen LogP contribution in [0.2, 0.25) is 0 Å². The second-order valence-electron chi connectivity index (χ2n) is 14.8. The summed E-state index contributed by atoms with van der Waals surface area (Å²) in [6.45, 7) is 0. The van der Waals surface area contributed by atoms with E-state index in [0.717, 1.165) is 6.07 Å². The summed E-state index contributed by atoms with van der Waals surface area (Å²) in [6.07, 6.45) is 0. The third-order valence-electron chi connectivity index (χ3n) is 12.8. The third kappa shape index (κ3) is 2.49. The number of hydrogen-bond donors (Lipinski definition) is 10. The molecule has 0 spiro atoms. The molecule has 65 heavy (non-hydrogen) atoms. The van der Waals surface area contributed by atoms with Crippen molar-refractivity contribution in [2.75, 3.05) is 0 Å². The van der Waals surface area contributed by atoms with Crippen molar-refractivity contribution < 1.29 is 86.6 Å². The molecule has 0 saturated carbocycles. The van der Waals surface area contributed by atoms with Gasteiger partial charge >= 0.3 is 345 Å². The number of carbonyl (C=O) groups is 8. The Kier molecular flexibility index (Phi) is 6.33. The number of nitrogens with one attached hydrogen (secondary N) is 2. The zero-order valence-corrected chi connectivity index (χ0v) is 33.1. The molecule has 0 aliphatic carbocycles. The molecule has 25 heteroatoms. The Morgan fingerprint density at radius 2 is 0.615 bits per heavy atom. The number of nitrogens with zero attached hydrogens (tertiary/aromatic N) is 6. The van der Waals surface area contributed by atoms with Gasteiger partial charge in [-0.2, -0.15) is 0 Å². The van der Waals surface area contributed by atoms with E-state index in [1.165, 1.54) is 36.4 Å². The Bertz CT molecular complexity index is 3660. The van der Waals surface area contributed by atoms with Gasteiger partial charge in [0, 0.05) is 0 Å². The topological polar surface area (TPSA) is 407 Å². The molecule has 0 atom stereocenters. The van der Waals surface area contributed by atoms with Gasteiger partial charge in [-0.05, 0) is 0 Å². The van der Waals surface area contributed by atoms with Crippen LogP contribution in [0.1, 0.15) is 0 Å². The van der Waals surface area contributed by atoms with Crippen LogP contribution in [0.25, 0.3) is 89.7 Å². The van der Waals surface area contributed by atoms with E-state index in [2.05, 4.69) is 29.9 Å². The molecule has 0 amide bonds. The molecule has 2 aliphatic heterocycles. The number of H-pyrrole nitrogens is 2. The zero-order chi connectivity index (χ0) is 47.0. The summed E-state index contributed by atoms with van der Waals surface area (Å²) in [6, 6.07) is 19.5. The number of benzene rings is 4. The van der Waals surface area contributed by atoms with Gasteiger partial charge in [0.15, 0.2) is 0 Å². The van der Waals surface area contributed by atoms with Crippen LogP contribution in [0.15, 0.2) is 91.0 Å². The first kappa shape index (κ1) is 40.9. The third-order valence-corrected chi connectivity index (χ3v) is 29.7. The monoisotopic (exact) mass is 932 g/mol. The van der Waals surface area contributed by atoms with Crippen molar-refractivity contribution in [3.05, 3.63) is 91.0 Å². The molecule has 4 aromatic carbocycles. The molecule has 8 bridgehead atoms. The van der Waals surface area contributed by atoms with E-state index in [4.69, 9.17) is 9.97 Å². The molecular formula is C40H25CoN8O16. The molecule has 5 heterocycles. The van der Waals surface area contributed by atoms with Gasteiger partial charge in [-0.25, -0.2) is 0 Å². The van der Waals surface area contributed by atoms with Crippen LogP contribution < -0.4 is 4.50 Å². The molecule has 24 nitrogen and oxygen atoms in total. The minimum absolute atomic E-state index is 0.00841. The van der Waals surface area contributed by atoms with Crippen LogP contribution in [-0.2, 0) is 7.41 Å². The average molecular weight is 933 g/mol. The van der Waals surface area contributed by atoms with Crippen molar-refractivity contribution in [1.29, 1.82) is 0 Å². The predicted octanol–water partition coefficient (Wildman–Crippen LogP) is 7.75. The van der Waals surface area contributed by atoms with E-state index in [1.54, 1.807) is 36.4 Å². The van der Waals surface area contributed by atoms with Crippen molar-refractivity contribution in [2.45, 2.75) is 0 Å². The fourth-order valence-corrected chi connectivity index (χ4v) is 17.9. The van der Waals surface area contributed by atoms with E-state index in [1.807, 2.05) is 0 Å². The summed E-state index contributed by atoms with van der Waals surface area (Å²) in [7, 11) is -15.1. The number of fused-ring (bicyclic) bond motifs is 20. The zero-order valence-electron chi connectivity index (χ0n) is 32.0. The molecule has 10 N–H and O–H groups in total. The van der Waals surface area contributed by atoms with Crippen LogP contribution in [0.4, 0.5) is 38.4 Å². The normalized spacial score (nSPS) is 15.2. The first-order valence-corrected chi connectivity index (χ1v) is 22.5. The molecule has 0 radical (unpaired) electrons. The van der Waals surface area contributed by atoms with Gasteiger partial charge in [-0.1, -0.05) is 6.07 Å². The number of carboxylic acid groups (broad SMARTS) is 8. The van der Waals surface area contributed by atoms with E-state index in [-0.39, 0.29) is 51.5 Å². The fraction of sp³-hybridized carbons (Fsp3) is 0. The van der Waals surface area contributed by atoms with Gasteiger partial charge in [-0.3, -0.25) is 0 Å². The number of aromatic nitrogens is 8. The van der Waals surface area contributed by atoms with E-state index < -0.39 is 85.1 Å². The Hall–Kier alpha value is -9.49. The van der Waals surface area contributed by atoms with Crippen LogP contribution in [0.5, 0.6) is 0 Å². The van der Waals surface area contributed by atoms with Crippen LogP contribution in [0, 0.1) is 0 Å². The number of aromatic amines is 2. The quantitative estimate of drug-likeness (QED) is 0.0660. The van der Waals surface area contributed by atoms with Gasteiger partial charge in [0.25, 0.3) is 0 Å². The summed E-state index contributed by atoms with van der Waals surface area (Å²) in [5, 5.41) is 89.7. The van der Waals surface area contributed by atoms with Crippen molar-refractivity contribution in [3.63, 3.8) is 0 Å². The Labute approximate surface area is 350 Å². The average Bonchev–Trinajstić information content (AvgIpc) is 4.00. The van der Waals surface area contributed by atoms with Crippen molar-refractivity contribution in [2.24, 2.45) is 0 Å². The van der Waals surface area contributed by atoms with Gasteiger partial charge in [0.1, 0.15) is 0 Å². The predicted molar refractivity (Wildman–Crippen MR) is 220 cm³/mol. The second kappa shape index (κ2) is 10.1. The summed E-state index contributed by atoms with van der Waals surface area (Å²) in [5.74, 6) is -1.05. The molecule has 330 valence electrons. The summed E-state index contributed by atoms with van der Waals surface area (Å²) < 4.78 is -3.33. The van der Waals surface area contributed by atoms with E-state index >= 15 is 0 Å². The van der Waals surface area contributed by atoms with Crippen LogP contribution >= 0.6 is 0 Å². The molecule has 0 fully saturated rings. The maximum absolute atomic E-state index is 15.1. The van der Waals surface area contributed by atoms with E-state index in [9.17, 15) is 79.2 Å². The molecule has 0 unspecified atom stereocenters. The first-order valence-electron chi connectivity index (χ1n) is 17.8. The SMILES string of the molecule is O=[C](O)[Co]([C](=O)O)([C](=O)O)([C](=O)O)([C](=O)O)([C](=O)O)([C](=O)O)([C](=O)O)[c]1cccc2c3nc4nc(nc5[nH]c(nc6nc(nc([nH]3)c12)-c1ccccc1-6)c1ccccc51)-c1ccccc1-4. The molecule has 0 saturated heterocycles. The first-order chi connectivity index (χ1) is 30.6. The molecule has 9 rings (SSSR count). The van der Waals surface area contributed by atoms with Crippen LogP contribution in [0.3, 0.4) is 0 Å². The van der Waals surface area contributed by atoms with Crippen molar-refractivity contribution in [3.8, 4) is 45.6 Å². The molecule has 2 aliphatic rings. The summed E-state index contributed by atoms with van der Waals surface area (Å²) in [5.41, 5.74) is -1.08. The molecule has 7 aromatic rings. The van der Waals surface area contributed by atoms with Gasteiger partial charge in [0.05, 0.1) is 0 Å². The summed E-state index contributed by atoms with van der Waals surface area (Å²) >= 11 is 0. The maximum atomic E-state index is 14.6. The number of rotatable bonds is 9.